The Hall–Kier alpha value is -3.19. The van der Waals surface area contributed by atoms with Gasteiger partial charge in [-0.05, 0) is 183 Å². The highest BCUT2D eigenvalue weighted by atomic mass is 19.1. The molecule has 0 amide bonds. The topological polar surface area (TPSA) is 0 Å². The highest BCUT2D eigenvalue weighted by Crippen LogP contribution is 2.43. The van der Waals surface area contributed by atoms with Crippen molar-refractivity contribution in [3.05, 3.63) is 119 Å². The SMILES string of the molecule is Cc1ccc(-c2ccc(CCC3CCC(C4CCC(C)CC4)CC3)cc2)cc1.Cc1ccc(-c2ccc(CCC3CCC(C4CCC(C)CC4)CC3)cc2)cc1F. The smallest absolute Gasteiger partial charge is 0.126 e. The Morgan fingerprint density at radius 1 is 0.404 bits per heavy atom. The molecule has 0 N–H and O–H groups in total. The number of benzene rings is 4. The lowest BCUT2D eigenvalue weighted by molar-refractivity contribution is 0.148. The molecule has 0 aromatic heterocycles. The molecule has 57 heavy (non-hydrogen) atoms. The highest BCUT2D eigenvalue weighted by Gasteiger charge is 2.31. The van der Waals surface area contributed by atoms with Crippen LogP contribution in [0.3, 0.4) is 0 Å². The van der Waals surface area contributed by atoms with Crippen LogP contribution in [0, 0.1) is 67.0 Å². The fraction of sp³-hybridized carbons (Fsp3) is 0.571. The molecule has 0 radical (unpaired) electrons. The largest absolute Gasteiger partial charge is 0.207 e. The monoisotopic (exact) mass is 767 g/mol. The fourth-order valence-electron chi connectivity index (χ4n) is 11.4. The Balaban J connectivity index is 0.000000174. The van der Waals surface area contributed by atoms with E-state index < -0.39 is 0 Å². The van der Waals surface area contributed by atoms with Gasteiger partial charge in [0.05, 0.1) is 0 Å². The summed E-state index contributed by atoms with van der Waals surface area (Å²) in [5.41, 5.74) is 9.71. The first-order valence-corrected chi connectivity index (χ1v) is 23.8. The summed E-state index contributed by atoms with van der Waals surface area (Å²) in [7, 11) is 0. The van der Waals surface area contributed by atoms with Crippen molar-refractivity contribution in [2.45, 2.75) is 156 Å². The third kappa shape index (κ3) is 12.2. The van der Waals surface area contributed by atoms with Crippen molar-refractivity contribution in [1.82, 2.24) is 0 Å². The predicted molar refractivity (Wildman–Crippen MR) is 243 cm³/mol. The molecular formula is C56H75F. The van der Waals surface area contributed by atoms with Gasteiger partial charge in [0.1, 0.15) is 5.82 Å². The van der Waals surface area contributed by atoms with Gasteiger partial charge < -0.3 is 0 Å². The second-order valence-electron chi connectivity index (χ2n) is 19.9. The molecule has 0 unspecified atom stereocenters. The van der Waals surface area contributed by atoms with Gasteiger partial charge in [0, 0.05) is 0 Å². The lowest BCUT2D eigenvalue weighted by Gasteiger charge is -2.37. The van der Waals surface area contributed by atoms with Crippen molar-refractivity contribution in [1.29, 1.82) is 0 Å². The van der Waals surface area contributed by atoms with Gasteiger partial charge in [-0.25, -0.2) is 4.39 Å². The second kappa shape index (κ2) is 20.7. The average Bonchev–Trinajstić information content (AvgIpc) is 3.25. The van der Waals surface area contributed by atoms with Crippen molar-refractivity contribution >= 4 is 0 Å². The maximum Gasteiger partial charge on any atom is 0.126 e. The maximum absolute atomic E-state index is 13.8. The summed E-state index contributed by atoms with van der Waals surface area (Å²) in [5, 5.41) is 0. The Morgan fingerprint density at radius 2 is 0.737 bits per heavy atom. The van der Waals surface area contributed by atoms with Gasteiger partial charge in [-0.2, -0.15) is 0 Å². The van der Waals surface area contributed by atoms with Crippen molar-refractivity contribution < 1.29 is 4.39 Å². The van der Waals surface area contributed by atoms with Crippen molar-refractivity contribution in [2.24, 2.45) is 47.3 Å². The normalized spacial score (nSPS) is 27.9. The van der Waals surface area contributed by atoms with Crippen molar-refractivity contribution in [3.8, 4) is 22.3 Å². The van der Waals surface area contributed by atoms with Crippen LogP contribution in [-0.4, -0.2) is 0 Å². The van der Waals surface area contributed by atoms with Crippen LogP contribution >= 0.6 is 0 Å². The molecule has 4 aliphatic rings. The second-order valence-corrected chi connectivity index (χ2v) is 19.9. The minimum absolute atomic E-state index is 0.120. The number of halogens is 1. The van der Waals surface area contributed by atoms with Gasteiger partial charge in [0.2, 0.25) is 0 Å². The van der Waals surface area contributed by atoms with Crippen LogP contribution in [-0.2, 0) is 12.8 Å². The molecule has 0 aliphatic heterocycles. The molecule has 4 saturated carbocycles. The molecule has 4 aromatic carbocycles. The van der Waals surface area contributed by atoms with Crippen molar-refractivity contribution in [2.75, 3.05) is 0 Å². The number of hydrogen-bond acceptors (Lipinski definition) is 0. The lowest BCUT2D eigenvalue weighted by atomic mass is 9.69. The third-order valence-electron chi connectivity index (χ3n) is 15.7. The summed E-state index contributed by atoms with van der Waals surface area (Å²) in [6.07, 6.45) is 28.9. The van der Waals surface area contributed by atoms with Crippen LogP contribution in [0.15, 0.2) is 91.0 Å². The van der Waals surface area contributed by atoms with Crippen LogP contribution in [0.4, 0.5) is 4.39 Å². The van der Waals surface area contributed by atoms with E-state index in [9.17, 15) is 4.39 Å². The molecule has 0 atom stereocenters. The van der Waals surface area contributed by atoms with Crippen LogP contribution in [0.2, 0.25) is 0 Å². The van der Waals surface area contributed by atoms with Crippen LogP contribution in [0.1, 0.15) is 152 Å². The fourth-order valence-corrected chi connectivity index (χ4v) is 11.4. The molecule has 4 aromatic rings. The van der Waals surface area contributed by atoms with E-state index in [1.165, 1.54) is 156 Å². The first kappa shape index (κ1) is 42.0. The number of rotatable bonds is 10. The standard InChI is InChI=1S/C28H37F.C28H38/c1-20-3-12-24(13-4-20)25-15-8-22(9-16-25)6-7-23-10-17-26(18-11-23)27-14-5-21(2)28(29)19-27;1-21-3-13-25(14-4-21)27-17-9-23(10-18-27)7-8-24-11-19-28(20-12-24)26-15-5-22(2)6-16-26/h5,10-11,14,17-20,22,24-25H,3-4,6-9,12-13,15-16H2,1-2H3;3-4,9-10,13-14,17-18,22,24,26,28H,5-8,11-12,15-16,19-20H2,1-2H3. The molecule has 0 nitrogen and oxygen atoms in total. The quantitative estimate of drug-likeness (QED) is 0.151. The van der Waals surface area contributed by atoms with E-state index in [4.69, 9.17) is 0 Å². The van der Waals surface area contributed by atoms with Gasteiger partial charge >= 0.3 is 0 Å². The van der Waals surface area contributed by atoms with E-state index >= 15 is 0 Å². The minimum atomic E-state index is -0.120. The van der Waals surface area contributed by atoms with E-state index in [0.29, 0.717) is 5.56 Å². The Bertz CT molecular complexity index is 1750. The molecule has 0 bridgehead atoms. The predicted octanol–water partition coefficient (Wildman–Crippen LogP) is 16.6. The van der Waals surface area contributed by atoms with Crippen molar-refractivity contribution in [3.63, 3.8) is 0 Å². The zero-order chi connectivity index (χ0) is 39.6. The maximum atomic E-state index is 13.8. The zero-order valence-corrected chi connectivity index (χ0v) is 36.3. The molecule has 0 saturated heterocycles. The molecule has 306 valence electrons. The van der Waals surface area contributed by atoms with Crippen LogP contribution in [0.25, 0.3) is 22.3 Å². The summed E-state index contributed by atoms with van der Waals surface area (Å²) in [4.78, 5) is 0. The Labute approximate surface area is 347 Å². The molecule has 8 rings (SSSR count). The summed E-state index contributed by atoms with van der Waals surface area (Å²) < 4.78 is 13.8. The molecule has 4 fully saturated rings. The van der Waals surface area contributed by atoms with E-state index in [1.54, 1.807) is 6.07 Å². The number of hydrogen-bond donors (Lipinski definition) is 0. The van der Waals surface area contributed by atoms with E-state index in [2.05, 4.69) is 93.6 Å². The van der Waals surface area contributed by atoms with Gasteiger partial charge in [-0.15, -0.1) is 0 Å². The minimum Gasteiger partial charge on any atom is -0.207 e. The van der Waals surface area contributed by atoms with Gasteiger partial charge in [-0.1, -0.05) is 156 Å². The first-order chi connectivity index (χ1) is 27.8. The first-order valence-electron chi connectivity index (χ1n) is 23.8. The van der Waals surface area contributed by atoms with Gasteiger partial charge in [0.25, 0.3) is 0 Å². The zero-order valence-electron chi connectivity index (χ0n) is 36.3. The van der Waals surface area contributed by atoms with Crippen LogP contribution < -0.4 is 0 Å². The molecule has 4 aliphatic carbocycles. The number of aryl methyl sites for hydroxylation is 4. The summed E-state index contributed by atoms with van der Waals surface area (Å²) in [6, 6.07) is 32.5. The molecule has 0 heterocycles. The lowest BCUT2D eigenvalue weighted by Crippen LogP contribution is -2.25. The molecule has 1 heteroatoms. The van der Waals surface area contributed by atoms with Crippen LogP contribution in [0.5, 0.6) is 0 Å². The Morgan fingerprint density at radius 3 is 1.12 bits per heavy atom. The summed E-state index contributed by atoms with van der Waals surface area (Å²) >= 11 is 0. The van der Waals surface area contributed by atoms with Gasteiger partial charge in [0.15, 0.2) is 0 Å². The van der Waals surface area contributed by atoms with E-state index in [-0.39, 0.29) is 5.82 Å². The van der Waals surface area contributed by atoms with E-state index in [0.717, 1.165) is 58.5 Å². The molecule has 0 spiro atoms. The Kier molecular flexibility index (Phi) is 15.2. The van der Waals surface area contributed by atoms with E-state index in [1.807, 2.05) is 19.1 Å². The van der Waals surface area contributed by atoms with Gasteiger partial charge in [-0.3, -0.25) is 0 Å². The highest BCUT2D eigenvalue weighted by molar-refractivity contribution is 5.65. The summed E-state index contributed by atoms with van der Waals surface area (Å²) in [5.74, 6) is 7.90. The average molecular weight is 767 g/mol. The summed E-state index contributed by atoms with van der Waals surface area (Å²) in [6.45, 7) is 8.83. The molecular weight excluding hydrogens is 692 g/mol. The third-order valence-corrected chi connectivity index (χ3v) is 15.7.